The number of nitrogens with zero attached hydrogens (tertiary/aromatic N) is 3. The van der Waals surface area contributed by atoms with Crippen molar-refractivity contribution < 1.29 is 9.90 Å². The topological polar surface area (TPSA) is 67.5 Å². The van der Waals surface area contributed by atoms with E-state index in [0.717, 1.165) is 36.9 Å². The summed E-state index contributed by atoms with van der Waals surface area (Å²) in [5.74, 6) is -0.840. The van der Waals surface area contributed by atoms with E-state index >= 15 is 0 Å². The lowest BCUT2D eigenvalue weighted by Gasteiger charge is -1.99. The molecule has 2 rings (SSSR count). The van der Waals surface area contributed by atoms with Gasteiger partial charge in [-0.2, -0.15) is 5.10 Å². The van der Waals surface area contributed by atoms with E-state index in [0.29, 0.717) is 5.65 Å². The maximum absolute atomic E-state index is 10.9. The molecule has 5 heteroatoms. The van der Waals surface area contributed by atoms with E-state index in [1.165, 1.54) is 0 Å². The van der Waals surface area contributed by atoms with E-state index in [1.54, 1.807) is 23.0 Å². The zero-order chi connectivity index (χ0) is 13.0. The number of hydrogen-bond donors (Lipinski definition) is 1. The highest BCUT2D eigenvalue weighted by molar-refractivity contribution is 5.73. The van der Waals surface area contributed by atoms with Crippen LogP contribution in [0.5, 0.6) is 0 Å². The van der Waals surface area contributed by atoms with Gasteiger partial charge in [0.1, 0.15) is 0 Å². The summed E-state index contributed by atoms with van der Waals surface area (Å²) in [6, 6.07) is 1.79. The van der Waals surface area contributed by atoms with Crippen LogP contribution in [0.4, 0.5) is 0 Å². The number of rotatable bonds is 6. The molecule has 0 aliphatic carbocycles. The smallest absolute Gasteiger partial charge is 0.308 e. The van der Waals surface area contributed by atoms with Crippen LogP contribution in [0.3, 0.4) is 0 Å². The van der Waals surface area contributed by atoms with Gasteiger partial charge >= 0.3 is 5.97 Å². The molecule has 0 aliphatic heterocycles. The number of aryl methyl sites for hydroxylation is 1. The first-order valence-electron chi connectivity index (χ1n) is 6.25. The first-order valence-corrected chi connectivity index (χ1v) is 6.25. The summed E-state index contributed by atoms with van der Waals surface area (Å²) in [6.07, 6.45) is 7.58. The molecular formula is C13H17N3O2. The molecule has 0 spiro atoms. The van der Waals surface area contributed by atoms with Gasteiger partial charge in [-0.1, -0.05) is 19.8 Å². The lowest BCUT2D eigenvalue weighted by molar-refractivity contribution is -0.136. The van der Waals surface area contributed by atoms with Crippen LogP contribution in [0.25, 0.3) is 5.65 Å². The van der Waals surface area contributed by atoms with Gasteiger partial charge in [-0.15, -0.1) is 0 Å². The van der Waals surface area contributed by atoms with Gasteiger partial charge in [0, 0.05) is 18.0 Å². The van der Waals surface area contributed by atoms with Crippen molar-refractivity contribution >= 4 is 11.6 Å². The Morgan fingerprint density at radius 3 is 3.00 bits per heavy atom. The molecule has 0 fully saturated rings. The van der Waals surface area contributed by atoms with Gasteiger partial charge in [0.2, 0.25) is 0 Å². The Morgan fingerprint density at radius 1 is 1.44 bits per heavy atom. The minimum Gasteiger partial charge on any atom is -0.481 e. The van der Waals surface area contributed by atoms with Gasteiger partial charge in [0.25, 0.3) is 0 Å². The molecule has 0 saturated carbocycles. The molecule has 0 amide bonds. The van der Waals surface area contributed by atoms with E-state index in [-0.39, 0.29) is 6.42 Å². The number of carbonyl (C=O) groups is 1. The van der Waals surface area contributed by atoms with Gasteiger partial charge in [-0.25, -0.2) is 9.50 Å². The van der Waals surface area contributed by atoms with Crippen molar-refractivity contribution in [1.29, 1.82) is 0 Å². The molecule has 0 atom stereocenters. The van der Waals surface area contributed by atoms with Crippen molar-refractivity contribution in [1.82, 2.24) is 14.6 Å². The fourth-order valence-corrected chi connectivity index (χ4v) is 2.06. The molecule has 0 aromatic carbocycles. The van der Waals surface area contributed by atoms with E-state index < -0.39 is 5.97 Å². The molecule has 1 N–H and O–H groups in total. The van der Waals surface area contributed by atoms with Gasteiger partial charge in [-0.3, -0.25) is 4.79 Å². The third-order valence-corrected chi connectivity index (χ3v) is 2.92. The SMILES string of the molecule is CCCCCc1nn2cccnc2c1CC(=O)O. The van der Waals surface area contributed by atoms with Crippen LogP contribution < -0.4 is 0 Å². The van der Waals surface area contributed by atoms with Crippen molar-refractivity contribution in [3.8, 4) is 0 Å². The minimum atomic E-state index is -0.840. The molecule has 2 heterocycles. The van der Waals surface area contributed by atoms with Crippen LogP contribution in [-0.2, 0) is 17.6 Å². The highest BCUT2D eigenvalue weighted by Crippen LogP contribution is 2.17. The van der Waals surface area contributed by atoms with Gasteiger partial charge in [-0.05, 0) is 18.9 Å². The Labute approximate surface area is 105 Å². The molecule has 18 heavy (non-hydrogen) atoms. The maximum atomic E-state index is 10.9. The Balaban J connectivity index is 2.33. The maximum Gasteiger partial charge on any atom is 0.308 e. The van der Waals surface area contributed by atoms with Crippen molar-refractivity contribution in [2.24, 2.45) is 0 Å². The summed E-state index contributed by atoms with van der Waals surface area (Å²) in [5, 5.41) is 13.4. The second-order valence-electron chi connectivity index (χ2n) is 4.34. The summed E-state index contributed by atoms with van der Waals surface area (Å²) in [6.45, 7) is 2.14. The summed E-state index contributed by atoms with van der Waals surface area (Å²) in [5.41, 5.74) is 2.27. The van der Waals surface area contributed by atoms with Gasteiger partial charge < -0.3 is 5.11 Å². The molecular weight excluding hydrogens is 230 g/mol. The highest BCUT2D eigenvalue weighted by atomic mass is 16.4. The predicted octanol–water partition coefficient (Wildman–Crippen LogP) is 2.09. The Morgan fingerprint density at radius 2 is 2.28 bits per heavy atom. The standard InChI is InChI=1S/C13H17N3O2/c1-2-3-4-6-11-10(9-12(17)18)13-14-7-5-8-16(13)15-11/h5,7-8H,2-4,6,9H2,1H3,(H,17,18). The number of aliphatic carboxylic acids is 1. The Bertz CT molecular complexity index is 548. The van der Waals surface area contributed by atoms with Crippen LogP contribution in [0.1, 0.15) is 37.4 Å². The summed E-state index contributed by atoms with van der Waals surface area (Å²) in [7, 11) is 0. The first-order chi connectivity index (χ1) is 8.72. The van der Waals surface area contributed by atoms with Crippen molar-refractivity contribution in [3.63, 3.8) is 0 Å². The molecule has 5 nitrogen and oxygen atoms in total. The van der Waals surface area contributed by atoms with Crippen molar-refractivity contribution in [3.05, 3.63) is 29.7 Å². The van der Waals surface area contributed by atoms with Crippen LogP contribution >= 0.6 is 0 Å². The molecule has 2 aromatic rings. The second-order valence-corrected chi connectivity index (χ2v) is 4.34. The number of unbranched alkanes of at least 4 members (excludes halogenated alkanes) is 2. The second kappa shape index (κ2) is 5.62. The molecule has 0 radical (unpaired) electrons. The Hall–Kier alpha value is -1.91. The third kappa shape index (κ3) is 2.67. The average molecular weight is 247 g/mol. The van der Waals surface area contributed by atoms with Crippen LogP contribution in [-0.4, -0.2) is 25.7 Å². The van der Waals surface area contributed by atoms with Crippen LogP contribution in [0, 0.1) is 0 Å². The monoisotopic (exact) mass is 247 g/mol. The van der Waals surface area contributed by atoms with Crippen LogP contribution in [0.2, 0.25) is 0 Å². The number of fused-ring (bicyclic) bond motifs is 1. The van der Waals surface area contributed by atoms with E-state index in [4.69, 9.17) is 5.11 Å². The van der Waals surface area contributed by atoms with Crippen molar-refractivity contribution in [2.75, 3.05) is 0 Å². The first kappa shape index (κ1) is 12.5. The van der Waals surface area contributed by atoms with E-state index in [9.17, 15) is 4.79 Å². The normalized spacial score (nSPS) is 10.9. The van der Waals surface area contributed by atoms with Crippen LogP contribution in [0.15, 0.2) is 18.5 Å². The highest BCUT2D eigenvalue weighted by Gasteiger charge is 2.15. The summed E-state index contributed by atoms with van der Waals surface area (Å²) in [4.78, 5) is 15.1. The third-order valence-electron chi connectivity index (χ3n) is 2.92. The summed E-state index contributed by atoms with van der Waals surface area (Å²) >= 11 is 0. The zero-order valence-corrected chi connectivity index (χ0v) is 10.5. The lowest BCUT2D eigenvalue weighted by Crippen LogP contribution is -2.03. The van der Waals surface area contributed by atoms with Crippen molar-refractivity contribution in [2.45, 2.75) is 39.0 Å². The van der Waals surface area contributed by atoms with E-state index in [2.05, 4.69) is 17.0 Å². The fraction of sp³-hybridized carbons (Fsp3) is 0.462. The van der Waals surface area contributed by atoms with Gasteiger partial charge in [0.15, 0.2) is 5.65 Å². The Kier molecular flexibility index (Phi) is 3.92. The zero-order valence-electron chi connectivity index (χ0n) is 10.5. The van der Waals surface area contributed by atoms with E-state index in [1.807, 2.05) is 0 Å². The molecule has 2 aromatic heterocycles. The number of carboxylic acid groups (broad SMARTS) is 1. The number of hydrogen-bond acceptors (Lipinski definition) is 3. The number of carboxylic acids is 1. The molecule has 96 valence electrons. The lowest BCUT2D eigenvalue weighted by atomic mass is 10.1. The quantitative estimate of drug-likeness (QED) is 0.794. The van der Waals surface area contributed by atoms with Gasteiger partial charge in [0.05, 0.1) is 12.1 Å². The largest absolute Gasteiger partial charge is 0.481 e. The molecule has 0 saturated heterocycles. The summed E-state index contributed by atoms with van der Waals surface area (Å²) < 4.78 is 1.67. The number of aromatic nitrogens is 3. The fourth-order valence-electron chi connectivity index (χ4n) is 2.06. The minimum absolute atomic E-state index is 0.0119. The molecule has 0 aliphatic rings. The predicted molar refractivity (Wildman–Crippen MR) is 67.6 cm³/mol. The molecule has 0 bridgehead atoms. The average Bonchev–Trinajstić information content (AvgIpc) is 2.68. The molecule has 0 unspecified atom stereocenters.